The third-order valence-electron chi connectivity index (χ3n) is 5.59. The highest BCUT2D eigenvalue weighted by atomic mass is 16.5. The van der Waals surface area contributed by atoms with E-state index in [2.05, 4.69) is 27.2 Å². The molecule has 2 aromatic rings. The molecule has 0 saturated carbocycles. The summed E-state index contributed by atoms with van der Waals surface area (Å²) < 4.78 is 5.23. The number of nitrogens with one attached hydrogen (secondary N) is 3. The van der Waals surface area contributed by atoms with Crippen molar-refractivity contribution in [1.82, 2.24) is 16.0 Å². The van der Waals surface area contributed by atoms with E-state index < -0.39 is 11.4 Å². The maximum Gasteiger partial charge on any atom is 0.312 e. The lowest BCUT2D eigenvalue weighted by atomic mass is 9.87. The summed E-state index contributed by atoms with van der Waals surface area (Å²) in [5.74, 6) is -0.211. The lowest BCUT2D eigenvalue weighted by molar-refractivity contribution is -0.124. The lowest BCUT2D eigenvalue weighted by Gasteiger charge is -2.30. The first-order chi connectivity index (χ1) is 15.6. The number of hydrogen-bond donors (Lipinski definition) is 3. The molecule has 0 saturated heterocycles. The van der Waals surface area contributed by atoms with Crippen LogP contribution in [-0.4, -0.2) is 39.4 Å². The zero-order chi connectivity index (χ0) is 23.0. The molecule has 2 aromatic carbocycles. The molecule has 0 radical (unpaired) electrons. The summed E-state index contributed by atoms with van der Waals surface area (Å²) in [5.41, 5.74) is 2.57. The van der Waals surface area contributed by atoms with Gasteiger partial charge in [0.15, 0.2) is 0 Å². The van der Waals surface area contributed by atoms with Gasteiger partial charge in [-0.2, -0.15) is 0 Å². The van der Waals surface area contributed by atoms with Crippen LogP contribution in [0.4, 0.5) is 0 Å². The zero-order valence-corrected chi connectivity index (χ0v) is 18.1. The maximum absolute atomic E-state index is 12.6. The fraction of sp³-hybridized carbons (Fsp3) is 0.250. The van der Waals surface area contributed by atoms with Crippen LogP contribution in [0.5, 0.6) is 5.75 Å². The van der Waals surface area contributed by atoms with Crippen molar-refractivity contribution in [3.63, 3.8) is 0 Å². The second kappa shape index (κ2) is 10.6. The Labute approximate surface area is 186 Å². The normalized spacial score (nSPS) is 14.6. The first-order valence-corrected chi connectivity index (χ1v) is 10.2. The van der Waals surface area contributed by atoms with E-state index in [1.807, 2.05) is 36.5 Å². The fourth-order valence-corrected chi connectivity index (χ4v) is 3.70. The molecule has 1 unspecified atom stereocenters. The quantitative estimate of drug-likeness (QED) is 0.389. The Hall–Kier alpha value is -3.62. The van der Waals surface area contributed by atoms with Crippen LogP contribution in [0.1, 0.15) is 27.0 Å². The van der Waals surface area contributed by atoms with Gasteiger partial charge in [-0.1, -0.05) is 30.3 Å². The van der Waals surface area contributed by atoms with E-state index in [1.165, 1.54) is 0 Å². The Bertz CT molecular complexity index is 1050. The molecule has 1 atom stereocenters. The van der Waals surface area contributed by atoms with Gasteiger partial charge in [-0.25, -0.2) is 0 Å². The maximum atomic E-state index is 12.6. The number of nitroso groups, excluding NO2 is 1. The SMILES string of the molecule is CNC(CNCc1cc(OC)ccc1C=O)(C(=O)N=O)c1ccc(C2=CCNC=C2)cc1. The second-order valence-corrected chi connectivity index (χ2v) is 7.32. The van der Waals surface area contributed by atoms with Crippen LogP contribution in [0.25, 0.3) is 5.57 Å². The average Bonchev–Trinajstić information content (AvgIpc) is 2.87. The molecule has 0 spiro atoms. The third-order valence-corrected chi connectivity index (χ3v) is 5.59. The molecule has 32 heavy (non-hydrogen) atoms. The molecule has 166 valence electrons. The molecule has 1 heterocycles. The molecule has 0 bridgehead atoms. The highest BCUT2D eigenvalue weighted by Crippen LogP contribution is 2.26. The Morgan fingerprint density at radius 2 is 2.03 bits per heavy atom. The number of hydrogen-bond acceptors (Lipinski definition) is 7. The number of ether oxygens (including phenoxy) is 1. The molecule has 3 N–H and O–H groups in total. The van der Waals surface area contributed by atoms with Crippen LogP contribution in [0.2, 0.25) is 0 Å². The van der Waals surface area contributed by atoms with Crippen molar-refractivity contribution in [2.24, 2.45) is 5.18 Å². The van der Waals surface area contributed by atoms with Crippen LogP contribution in [0.3, 0.4) is 0 Å². The van der Waals surface area contributed by atoms with Gasteiger partial charge in [-0.05, 0) is 59.8 Å². The minimum Gasteiger partial charge on any atom is -0.497 e. The highest BCUT2D eigenvalue weighted by molar-refractivity contribution is 5.89. The standard InChI is InChI=1S/C24H26N4O4/c1-25-24(23(30)28-31,16-27-14-20-13-22(32-2)8-5-19(20)15-29)21-6-3-17(4-7-21)18-9-11-26-12-10-18/h3-11,13,15,25-27H,12,14,16H2,1-2H3. The van der Waals surface area contributed by atoms with Crippen LogP contribution in [0.15, 0.2) is 66.0 Å². The molecule has 3 rings (SSSR count). The summed E-state index contributed by atoms with van der Waals surface area (Å²) in [4.78, 5) is 35.3. The van der Waals surface area contributed by atoms with Crippen LogP contribution in [0, 0.1) is 4.91 Å². The predicted molar refractivity (Wildman–Crippen MR) is 123 cm³/mol. The number of dihydropyridines is 1. The van der Waals surface area contributed by atoms with Crippen molar-refractivity contribution in [1.29, 1.82) is 0 Å². The summed E-state index contributed by atoms with van der Waals surface area (Å²) in [6.07, 6.45) is 6.70. The molecular formula is C24H26N4O4. The number of allylic oxidation sites excluding steroid dienone is 2. The first kappa shape index (κ1) is 23.1. The summed E-state index contributed by atoms with van der Waals surface area (Å²) in [6.45, 7) is 1.14. The van der Waals surface area contributed by atoms with Crippen molar-refractivity contribution >= 4 is 17.8 Å². The molecule has 1 aliphatic rings. The van der Waals surface area contributed by atoms with Crippen molar-refractivity contribution in [2.75, 3.05) is 27.2 Å². The van der Waals surface area contributed by atoms with Gasteiger partial charge in [-0.15, -0.1) is 4.91 Å². The summed E-state index contributed by atoms with van der Waals surface area (Å²) >= 11 is 0. The van der Waals surface area contributed by atoms with Gasteiger partial charge in [0.2, 0.25) is 0 Å². The minimum atomic E-state index is -1.35. The number of benzene rings is 2. The molecule has 1 amide bonds. The van der Waals surface area contributed by atoms with Gasteiger partial charge < -0.3 is 20.7 Å². The van der Waals surface area contributed by atoms with E-state index in [4.69, 9.17) is 4.74 Å². The monoisotopic (exact) mass is 434 g/mol. The number of aldehydes is 1. The van der Waals surface area contributed by atoms with E-state index >= 15 is 0 Å². The lowest BCUT2D eigenvalue weighted by Crippen LogP contribution is -2.53. The highest BCUT2D eigenvalue weighted by Gasteiger charge is 2.39. The van der Waals surface area contributed by atoms with Crippen LogP contribution >= 0.6 is 0 Å². The summed E-state index contributed by atoms with van der Waals surface area (Å²) in [6, 6.07) is 12.6. The minimum absolute atomic E-state index is 0.0927. The van der Waals surface area contributed by atoms with Gasteiger partial charge in [0.1, 0.15) is 17.6 Å². The van der Waals surface area contributed by atoms with Crippen LogP contribution < -0.4 is 20.7 Å². The fourth-order valence-electron chi connectivity index (χ4n) is 3.70. The van der Waals surface area contributed by atoms with Gasteiger partial charge in [0.25, 0.3) is 0 Å². The molecule has 0 aliphatic carbocycles. The largest absolute Gasteiger partial charge is 0.497 e. The number of amides is 1. The van der Waals surface area contributed by atoms with E-state index in [9.17, 15) is 14.5 Å². The smallest absolute Gasteiger partial charge is 0.312 e. The average molecular weight is 434 g/mol. The Morgan fingerprint density at radius 1 is 1.25 bits per heavy atom. The van der Waals surface area contributed by atoms with Crippen molar-refractivity contribution in [2.45, 2.75) is 12.1 Å². The Balaban J connectivity index is 1.84. The zero-order valence-electron chi connectivity index (χ0n) is 18.1. The summed E-state index contributed by atoms with van der Waals surface area (Å²) in [7, 11) is 3.16. The number of carbonyl (C=O) groups is 2. The number of nitrogens with zero attached hydrogens (tertiary/aromatic N) is 1. The van der Waals surface area contributed by atoms with E-state index in [-0.39, 0.29) is 6.54 Å². The van der Waals surface area contributed by atoms with Crippen molar-refractivity contribution in [3.05, 3.63) is 88.0 Å². The van der Waals surface area contributed by atoms with E-state index in [0.29, 0.717) is 23.4 Å². The molecule has 1 aliphatic heterocycles. The van der Waals surface area contributed by atoms with E-state index in [0.717, 1.165) is 29.5 Å². The molecule has 0 aromatic heterocycles. The first-order valence-electron chi connectivity index (χ1n) is 10.2. The summed E-state index contributed by atoms with van der Waals surface area (Å²) in [5, 5.41) is 12.0. The van der Waals surface area contributed by atoms with Gasteiger partial charge in [0.05, 0.1) is 7.11 Å². The Morgan fingerprint density at radius 3 is 2.62 bits per heavy atom. The van der Waals surface area contributed by atoms with Crippen molar-refractivity contribution < 1.29 is 14.3 Å². The second-order valence-electron chi connectivity index (χ2n) is 7.32. The van der Waals surface area contributed by atoms with Crippen LogP contribution in [-0.2, 0) is 16.9 Å². The predicted octanol–water partition coefficient (Wildman–Crippen LogP) is 2.51. The van der Waals surface area contributed by atoms with E-state index in [1.54, 1.807) is 32.4 Å². The molecule has 8 heteroatoms. The number of carbonyl (C=O) groups excluding carboxylic acids is 2. The van der Waals surface area contributed by atoms with Gasteiger partial charge in [-0.3, -0.25) is 9.59 Å². The van der Waals surface area contributed by atoms with Crippen molar-refractivity contribution in [3.8, 4) is 5.75 Å². The third kappa shape index (κ3) is 4.82. The topological polar surface area (TPSA) is 109 Å². The number of methoxy groups -OCH3 is 1. The van der Waals surface area contributed by atoms with Gasteiger partial charge >= 0.3 is 5.91 Å². The Kier molecular flexibility index (Phi) is 7.64. The molecular weight excluding hydrogens is 408 g/mol. The number of rotatable bonds is 10. The van der Waals surface area contributed by atoms with Gasteiger partial charge in [0, 0.05) is 30.4 Å². The molecule has 0 fully saturated rings. The number of likely N-dealkylation sites (N-methyl/N-ethyl adjacent to an activating group) is 1. The molecule has 8 nitrogen and oxygen atoms in total.